The molecule has 7 nitrogen and oxygen atoms in total. The number of hydrogen-bond acceptors (Lipinski definition) is 7. The lowest BCUT2D eigenvalue weighted by Gasteiger charge is -2.41. The van der Waals surface area contributed by atoms with Gasteiger partial charge in [-0.05, 0) is 5.92 Å². The Hall–Kier alpha value is -1.63. The first kappa shape index (κ1) is 18.4. The van der Waals surface area contributed by atoms with Crippen LogP contribution in [0.25, 0.3) is 0 Å². The maximum absolute atomic E-state index is 11.3. The second kappa shape index (κ2) is 8.12. The van der Waals surface area contributed by atoms with Gasteiger partial charge in [0.2, 0.25) is 0 Å². The molecule has 1 aliphatic rings. The predicted molar refractivity (Wildman–Crippen MR) is 75.9 cm³/mol. The molecule has 4 atom stereocenters. The summed E-state index contributed by atoms with van der Waals surface area (Å²) in [7, 11) is 0. The van der Waals surface area contributed by atoms with Gasteiger partial charge in [0.1, 0.15) is 18.8 Å². The third kappa shape index (κ3) is 5.63. The van der Waals surface area contributed by atoms with E-state index in [1.807, 2.05) is 13.8 Å². The molecule has 0 saturated carbocycles. The summed E-state index contributed by atoms with van der Waals surface area (Å²) in [6.07, 6.45) is -1.85. The van der Waals surface area contributed by atoms with Crippen molar-refractivity contribution in [1.82, 2.24) is 0 Å². The Labute approximate surface area is 130 Å². The Balaban J connectivity index is 2.94. The SMILES string of the molecule is CC(=O)OCC1OC(C(C)C)CC(OC(C)=O)C1OC(C)=O. The van der Waals surface area contributed by atoms with E-state index in [1.54, 1.807) is 0 Å². The Morgan fingerprint density at radius 2 is 1.64 bits per heavy atom. The molecule has 0 aromatic rings. The number of rotatable bonds is 5. The maximum Gasteiger partial charge on any atom is 0.303 e. The highest BCUT2D eigenvalue weighted by molar-refractivity contribution is 5.67. The average Bonchev–Trinajstić information content (AvgIpc) is 2.37. The number of ether oxygens (including phenoxy) is 4. The van der Waals surface area contributed by atoms with Gasteiger partial charge in [0.15, 0.2) is 6.10 Å². The molecule has 0 aliphatic carbocycles. The Bertz CT molecular complexity index is 418. The van der Waals surface area contributed by atoms with E-state index in [1.165, 1.54) is 20.8 Å². The van der Waals surface area contributed by atoms with E-state index in [0.29, 0.717) is 6.42 Å². The molecule has 0 radical (unpaired) electrons. The molecule has 1 aliphatic heterocycles. The zero-order valence-corrected chi connectivity index (χ0v) is 13.7. The summed E-state index contributed by atoms with van der Waals surface area (Å²) in [5.74, 6) is -1.25. The van der Waals surface area contributed by atoms with Gasteiger partial charge in [-0.25, -0.2) is 0 Å². The van der Waals surface area contributed by atoms with E-state index in [2.05, 4.69) is 0 Å². The first-order valence-electron chi connectivity index (χ1n) is 7.34. The molecule has 0 amide bonds. The minimum absolute atomic E-state index is 0.0612. The van der Waals surface area contributed by atoms with Crippen LogP contribution < -0.4 is 0 Å². The number of carbonyl (C=O) groups excluding carboxylic acids is 3. The molecule has 0 spiro atoms. The molecule has 0 N–H and O–H groups in total. The minimum Gasteiger partial charge on any atom is -0.463 e. The van der Waals surface area contributed by atoms with Crippen LogP contribution in [0.5, 0.6) is 0 Å². The van der Waals surface area contributed by atoms with Gasteiger partial charge in [-0.1, -0.05) is 13.8 Å². The van der Waals surface area contributed by atoms with Crippen molar-refractivity contribution in [2.45, 2.75) is 65.5 Å². The second-order valence-electron chi connectivity index (χ2n) is 5.72. The predicted octanol–water partition coefficient (Wildman–Crippen LogP) is 1.23. The smallest absolute Gasteiger partial charge is 0.303 e. The maximum atomic E-state index is 11.3. The van der Waals surface area contributed by atoms with Crippen LogP contribution in [0.2, 0.25) is 0 Å². The topological polar surface area (TPSA) is 88.1 Å². The van der Waals surface area contributed by atoms with Crippen molar-refractivity contribution < 1.29 is 33.3 Å². The van der Waals surface area contributed by atoms with Gasteiger partial charge in [-0.3, -0.25) is 14.4 Å². The minimum atomic E-state index is -0.796. The van der Waals surface area contributed by atoms with Crippen molar-refractivity contribution in [3.8, 4) is 0 Å². The van der Waals surface area contributed by atoms with E-state index in [4.69, 9.17) is 18.9 Å². The molecule has 1 saturated heterocycles. The Kier molecular flexibility index (Phi) is 6.80. The van der Waals surface area contributed by atoms with Gasteiger partial charge in [-0.2, -0.15) is 0 Å². The number of carbonyl (C=O) groups is 3. The van der Waals surface area contributed by atoms with Crippen molar-refractivity contribution in [3.05, 3.63) is 0 Å². The number of esters is 3. The van der Waals surface area contributed by atoms with Crippen molar-refractivity contribution >= 4 is 17.9 Å². The van der Waals surface area contributed by atoms with Crippen LogP contribution in [0.15, 0.2) is 0 Å². The molecule has 4 unspecified atom stereocenters. The molecule has 0 aromatic carbocycles. The lowest BCUT2D eigenvalue weighted by atomic mass is 9.92. The molecule has 0 bridgehead atoms. The van der Waals surface area contributed by atoms with Gasteiger partial charge in [0, 0.05) is 27.2 Å². The lowest BCUT2D eigenvalue weighted by Crippen LogP contribution is -2.54. The average molecular weight is 316 g/mol. The highest BCUT2D eigenvalue weighted by atomic mass is 16.6. The van der Waals surface area contributed by atoms with Gasteiger partial charge in [0.25, 0.3) is 0 Å². The summed E-state index contributed by atoms with van der Waals surface area (Å²) in [6, 6.07) is 0. The fourth-order valence-corrected chi connectivity index (χ4v) is 2.39. The second-order valence-corrected chi connectivity index (χ2v) is 5.72. The van der Waals surface area contributed by atoms with Crippen molar-refractivity contribution in [2.75, 3.05) is 6.61 Å². The fourth-order valence-electron chi connectivity index (χ4n) is 2.39. The molecule has 7 heteroatoms. The Morgan fingerprint density at radius 1 is 1.05 bits per heavy atom. The quantitative estimate of drug-likeness (QED) is 0.556. The molecule has 126 valence electrons. The molecular weight excluding hydrogens is 292 g/mol. The monoisotopic (exact) mass is 316 g/mol. The summed E-state index contributed by atoms with van der Waals surface area (Å²) in [6.45, 7) is 7.74. The van der Waals surface area contributed by atoms with Gasteiger partial charge < -0.3 is 18.9 Å². The molecule has 1 fully saturated rings. The molecule has 1 heterocycles. The Morgan fingerprint density at radius 3 is 2.09 bits per heavy atom. The summed E-state index contributed by atoms with van der Waals surface area (Å²) >= 11 is 0. The van der Waals surface area contributed by atoms with Gasteiger partial charge >= 0.3 is 17.9 Å². The summed E-state index contributed by atoms with van der Waals surface area (Å²) in [5.41, 5.74) is 0. The van der Waals surface area contributed by atoms with E-state index >= 15 is 0 Å². The van der Waals surface area contributed by atoms with Crippen LogP contribution >= 0.6 is 0 Å². The standard InChI is InChI=1S/C15H24O7/c1-8(2)12-6-13(20-10(4)17)15(21-11(5)18)14(22-12)7-19-9(3)16/h8,12-15H,6-7H2,1-5H3. The summed E-state index contributed by atoms with van der Waals surface area (Å²) in [5, 5.41) is 0. The van der Waals surface area contributed by atoms with Crippen LogP contribution in [0.4, 0.5) is 0 Å². The van der Waals surface area contributed by atoms with Crippen LogP contribution in [-0.2, 0) is 33.3 Å². The van der Waals surface area contributed by atoms with Crippen LogP contribution in [0.1, 0.15) is 41.0 Å². The summed E-state index contributed by atoms with van der Waals surface area (Å²) < 4.78 is 21.4. The molecule has 0 aromatic heterocycles. The first-order valence-corrected chi connectivity index (χ1v) is 7.34. The van der Waals surface area contributed by atoms with Crippen molar-refractivity contribution in [2.24, 2.45) is 5.92 Å². The fraction of sp³-hybridized carbons (Fsp3) is 0.800. The zero-order valence-electron chi connectivity index (χ0n) is 13.7. The zero-order chi connectivity index (χ0) is 16.9. The normalized spacial score (nSPS) is 28.1. The summed E-state index contributed by atoms with van der Waals surface area (Å²) in [4.78, 5) is 33.6. The molecular formula is C15H24O7. The number of hydrogen-bond donors (Lipinski definition) is 0. The van der Waals surface area contributed by atoms with E-state index in [0.717, 1.165) is 0 Å². The van der Waals surface area contributed by atoms with E-state index in [9.17, 15) is 14.4 Å². The van der Waals surface area contributed by atoms with Gasteiger partial charge in [-0.15, -0.1) is 0 Å². The van der Waals surface area contributed by atoms with E-state index in [-0.39, 0.29) is 18.6 Å². The van der Waals surface area contributed by atoms with Crippen LogP contribution in [-0.4, -0.2) is 48.9 Å². The largest absolute Gasteiger partial charge is 0.463 e. The van der Waals surface area contributed by atoms with E-state index < -0.39 is 36.2 Å². The molecule has 22 heavy (non-hydrogen) atoms. The van der Waals surface area contributed by atoms with Crippen LogP contribution in [0, 0.1) is 5.92 Å². The molecule has 1 rings (SSSR count). The van der Waals surface area contributed by atoms with Gasteiger partial charge in [0.05, 0.1) is 6.10 Å². The highest BCUT2D eigenvalue weighted by Gasteiger charge is 2.44. The third-order valence-electron chi connectivity index (χ3n) is 3.36. The van der Waals surface area contributed by atoms with Crippen molar-refractivity contribution in [1.29, 1.82) is 0 Å². The van der Waals surface area contributed by atoms with Crippen molar-refractivity contribution in [3.63, 3.8) is 0 Å². The van der Waals surface area contributed by atoms with Crippen LogP contribution in [0.3, 0.4) is 0 Å². The highest BCUT2D eigenvalue weighted by Crippen LogP contribution is 2.29. The third-order valence-corrected chi connectivity index (χ3v) is 3.36. The first-order chi connectivity index (χ1) is 10.2. The lowest BCUT2D eigenvalue weighted by molar-refractivity contribution is -0.219.